The first-order valence-electron chi connectivity index (χ1n) is 9.96. The van der Waals surface area contributed by atoms with Gasteiger partial charge in [-0.2, -0.15) is 0 Å². The van der Waals surface area contributed by atoms with Gasteiger partial charge >= 0.3 is 5.97 Å². The van der Waals surface area contributed by atoms with Crippen LogP contribution in [-0.4, -0.2) is 23.8 Å². The fourth-order valence-electron chi connectivity index (χ4n) is 3.63. The van der Waals surface area contributed by atoms with Gasteiger partial charge in [-0.15, -0.1) is 0 Å². The largest absolute Gasteiger partial charge is 0.480 e. The van der Waals surface area contributed by atoms with Crippen LogP contribution in [0.15, 0.2) is 66.7 Å². The minimum Gasteiger partial charge on any atom is -0.480 e. The Morgan fingerprint density at radius 1 is 1.00 bits per heavy atom. The fourth-order valence-corrected chi connectivity index (χ4v) is 3.63. The van der Waals surface area contributed by atoms with Gasteiger partial charge in [-0.3, -0.25) is 0 Å². The third-order valence-electron chi connectivity index (χ3n) is 5.42. The highest BCUT2D eigenvalue weighted by Crippen LogP contribution is 2.39. The molecule has 30 heavy (non-hydrogen) atoms. The van der Waals surface area contributed by atoms with Crippen molar-refractivity contribution in [3.05, 3.63) is 83.7 Å². The second kappa shape index (κ2) is 8.67. The van der Waals surface area contributed by atoms with Gasteiger partial charge < -0.3 is 14.6 Å². The standard InChI is InChI=1S/C25H23FO4/c1-16-2-8-20(9-3-16)30-21-10-11-24(26)23(14-21)18-6-4-17(5-7-18)19-12-22(13-19)29-15-25(27)28/h2-11,14,19,22H,12-13,15H2,1H3,(H,27,28)/t19-,22+. The highest BCUT2D eigenvalue weighted by Gasteiger charge is 2.31. The summed E-state index contributed by atoms with van der Waals surface area (Å²) >= 11 is 0. The summed E-state index contributed by atoms with van der Waals surface area (Å²) in [5.74, 6) is 0.386. The molecule has 1 fully saturated rings. The highest BCUT2D eigenvalue weighted by atomic mass is 19.1. The van der Waals surface area contributed by atoms with E-state index in [0.29, 0.717) is 23.0 Å². The van der Waals surface area contributed by atoms with Crippen molar-refractivity contribution in [2.75, 3.05) is 6.61 Å². The normalized spacial score (nSPS) is 17.9. The zero-order chi connectivity index (χ0) is 21.1. The van der Waals surface area contributed by atoms with E-state index in [9.17, 15) is 9.18 Å². The van der Waals surface area contributed by atoms with Crippen molar-refractivity contribution < 1.29 is 23.8 Å². The summed E-state index contributed by atoms with van der Waals surface area (Å²) in [5, 5.41) is 8.67. The van der Waals surface area contributed by atoms with Gasteiger partial charge in [-0.1, -0.05) is 42.0 Å². The van der Waals surface area contributed by atoms with Crippen LogP contribution in [0.4, 0.5) is 4.39 Å². The Labute approximate surface area is 174 Å². The summed E-state index contributed by atoms with van der Waals surface area (Å²) in [6.07, 6.45) is 1.61. The molecule has 0 unspecified atom stereocenters. The first-order valence-corrected chi connectivity index (χ1v) is 9.96. The van der Waals surface area contributed by atoms with Crippen LogP contribution >= 0.6 is 0 Å². The van der Waals surface area contributed by atoms with E-state index in [1.165, 1.54) is 6.07 Å². The molecular weight excluding hydrogens is 383 g/mol. The quantitative estimate of drug-likeness (QED) is 0.527. The molecule has 4 nitrogen and oxygen atoms in total. The van der Waals surface area contributed by atoms with E-state index in [1.807, 2.05) is 55.5 Å². The van der Waals surface area contributed by atoms with Gasteiger partial charge in [-0.05, 0) is 67.1 Å². The maximum atomic E-state index is 14.5. The molecule has 4 rings (SSSR count). The summed E-state index contributed by atoms with van der Waals surface area (Å²) in [6, 6.07) is 20.3. The number of carboxylic acid groups (broad SMARTS) is 1. The predicted molar refractivity (Wildman–Crippen MR) is 112 cm³/mol. The molecule has 1 saturated carbocycles. The molecule has 0 radical (unpaired) electrons. The zero-order valence-electron chi connectivity index (χ0n) is 16.7. The zero-order valence-corrected chi connectivity index (χ0v) is 16.7. The minimum absolute atomic E-state index is 0.00109. The van der Waals surface area contributed by atoms with Crippen molar-refractivity contribution in [1.82, 2.24) is 0 Å². The van der Waals surface area contributed by atoms with Gasteiger partial charge in [-0.25, -0.2) is 9.18 Å². The van der Waals surface area contributed by atoms with Gasteiger partial charge in [0.15, 0.2) is 0 Å². The Morgan fingerprint density at radius 3 is 2.33 bits per heavy atom. The van der Waals surface area contributed by atoms with E-state index in [1.54, 1.807) is 12.1 Å². The smallest absolute Gasteiger partial charge is 0.329 e. The molecular formula is C25H23FO4. The molecule has 0 bridgehead atoms. The lowest BCUT2D eigenvalue weighted by Crippen LogP contribution is -2.31. The lowest BCUT2D eigenvalue weighted by molar-refractivity contribution is -0.146. The lowest BCUT2D eigenvalue weighted by atomic mass is 9.77. The second-order valence-electron chi connectivity index (χ2n) is 7.67. The van der Waals surface area contributed by atoms with Crippen LogP contribution in [0.5, 0.6) is 11.5 Å². The van der Waals surface area contributed by atoms with Gasteiger partial charge in [0.1, 0.15) is 23.9 Å². The number of hydrogen-bond acceptors (Lipinski definition) is 3. The van der Waals surface area contributed by atoms with Crippen molar-refractivity contribution in [3.8, 4) is 22.6 Å². The van der Waals surface area contributed by atoms with E-state index in [2.05, 4.69) is 0 Å². The maximum absolute atomic E-state index is 14.5. The average Bonchev–Trinajstić information content (AvgIpc) is 2.70. The van der Waals surface area contributed by atoms with Crippen LogP contribution in [0.25, 0.3) is 11.1 Å². The maximum Gasteiger partial charge on any atom is 0.329 e. The first-order chi connectivity index (χ1) is 14.5. The molecule has 0 atom stereocenters. The lowest BCUT2D eigenvalue weighted by Gasteiger charge is -2.35. The van der Waals surface area contributed by atoms with E-state index in [0.717, 1.165) is 29.5 Å². The summed E-state index contributed by atoms with van der Waals surface area (Å²) in [4.78, 5) is 10.6. The molecule has 0 spiro atoms. The van der Waals surface area contributed by atoms with E-state index in [-0.39, 0.29) is 18.5 Å². The Kier molecular flexibility index (Phi) is 5.81. The fraction of sp³-hybridized carbons (Fsp3) is 0.240. The second-order valence-corrected chi connectivity index (χ2v) is 7.67. The van der Waals surface area contributed by atoms with Crippen molar-refractivity contribution in [2.45, 2.75) is 31.8 Å². The summed E-state index contributed by atoms with van der Waals surface area (Å²) in [7, 11) is 0. The Morgan fingerprint density at radius 2 is 1.67 bits per heavy atom. The van der Waals surface area contributed by atoms with E-state index < -0.39 is 5.97 Å². The molecule has 1 aliphatic rings. The molecule has 154 valence electrons. The number of ether oxygens (including phenoxy) is 2. The molecule has 0 aromatic heterocycles. The first kappa shape index (κ1) is 20.1. The van der Waals surface area contributed by atoms with Crippen molar-refractivity contribution in [2.24, 2.45) is 0 Å². The Balaban J connectivity index is 1.44. The van der Waals surface area contributed by atoms with Gasteiger partial charge in [0.05, 0.1) is 6.10 Å². The third-order valence-corrected chi connectivity index (χ3v) is 5.42. The molecule has 0 heterocycles. The van der Waals surface area contributed by atoms with Crippen LogP contribution in [0.3, 0.4) is 0 Å². The van der Waals surface area contributed by atoms with E-state index >= 15 is 0 Å². The van der Waals surface area contributed by atoms with E-state index in [4.69, 9.17) is 14.6 Å². The molecule has 5 heteroatoms. The van der Waals surface area contributed by atoms with Crippen LogP contribution < -0.4 is 4.74 Å². The molecule has 3 aromatic rings. The van der Waals surface area contributed by atoms with Crippen molar-refractivity contribution in [1.29, 1.82) is 0 Å². The number of aryl methyl sites for hydroxylation is 1. The number of aliphatic carboxylic acids is 1. The van der Waals surface area contributed by atoms with Crippen LogP contribution in [-0.2, 0) is 9.53 Å². The number of carboxylic acids is 1. The summed E-state index contributed by atoms with van der Waals surface area (Å²) in [6.45, 7) is 1.76. The SMILES string of the molecule is Cc1ccc(Oc2ccc(F)c(-c3ccc([C@H]4C[C@@H](OCC(=O)O)C4)cc3)c2)cc1. The van der Waals surface area contributed by atoms with Crippen LogP contribution in [0.2, 0.25) is 0 Å². The number of hydrogen-bond donors (Lipinski definition) is 1. The summed E-state index contributed by atoms with van der Waals surface area (Å²) < 4.78 is 25.6. The Hall–Kier alpha value is -3.18. The number of halogens is 1. The van der Waals surface area contributed by atoms with Crippen molar-refractivity contribution >= 4 is 5.97 Å². The van der Waals surface area contributed by atoms with Gasteiger partial charge in [0, 0.05) is 5.56 Å². The number of benzene rings is 3. The molecule has 3 aromatic carbocycles. The number of rotatable bonds is 7. The highest BCUT2D eigenvalue weighted by molar-refractivity contribution is 5.68. The molecule has 0 aliphatic heterocycles. The Bertz CT molecular complexity index is 1020. The molecule has 0 saturated heterocycles. The van der Waals surface area contributed by atoms with Crippen molar-refractivity contribution in [3.63, 3.8) is 0 Å². The van der Waals surface area contributed by atoms with Gasteiger partial charge in [0.25, 0.3) is 0 Å². The molecule has 1 aliphatic carbocycles. The van der Waals surface area contributed by atoms with Crippen LogP contribution in [0.1, 0.15) is 29.9 Å². The number of carbonyl (C=O) groups is 1. The molecule has 1 N–H and O–H groups in total. The predicted octanol–water partition coefficient (Wildman–Crippen LogP) is 5.94. The monoisotopic (exact) mass is 406 g/mol. The topological polar surface area (TPSA) is 55.8 Å². The molecule has 0 amide bonds. The van der Waals surface area contributed by atoms with Gasteiger partial charge in [0.2, 0.25) is 0 Å². The summed E-state index contributed by atoms with van der Waals surface area (Å²) in [5.41, 5.74) is 3.57. The third kappa shape index (κ3) is 4.69. The van der Waals surface area contributed by atoms with Crippen LogP contribution in [0, 0.1) is 12.7 Å². The average molecular weight is 406 g/mol. The minimum atomic E-state index is -0.946.